The van der Waals surface area contributed by atoms with Gasteiger partial charge < -0.3 is 10.0 Å². The number of carbonyl (C=O) groups is 1. The lowest BCUT2D eigenvalue weighted by molar-refractivity contribution is -0.131. The lowest BCUT2D eigenvalue weighted by atomic mass is 10.1. The van der Waals surface area contributed by atoms with E-state index in [2.05, 4.69) is 0 Å². The van der Waals surface area contributed by atoms with Crippen LogP contribution in [0.3, 0.4) is 0 Å². The summed E-state index contributed by atoms with van der Waals surface area (Å²) in [6, 6.07) is -0.0107. The second-order valence-electron chi connectivity index (χ2n) is 4.91. The SMILES string of the molecule is CN1CCC(N(C)CC(O)C2CC2)C1=O. The lowest BCUT2D eigenvalue weighted by Crippen LogP contribution is -2.42. The summed E-state index contributed by atoms with van der Waals surface area (Å²) in [6.07, 6.45) is 2.94. The minimum atomic E-state index is -0.242. The highest BCUT2D eigenvalue weighted by atomic mass is 16.3. The van der Waals surface area contributed by atoms with Crippen molar-refractivity contribution in [3.05, 3.63) is 0 Å². The number of aliphatic hydroxyl groups is 1. The van der Waals surface area contributed by atoms with Crippen molar-refractivity contribution in [1.82, 2.24) is 9.80 Å². The number of hydrogen-bond donors (Lipinski definition) is 1. The van der Waals surface area contributed by atoms with Gasteiger partial charge in [-0.15, -0.1) is 0 Å². The topological polar surface area (TPSA) is 43.8 Å². The summed E-state index contributed by atoms with van der Waals surface area (Å²) >= 11 is 0. The Bertz CT molecular complexity index is 253. The fourth-order valence-corrected chi connectivity index (χ4v) is 2.27. The maximum atomic E-state index is 11.7. The van der Waals surface area contributed by atoms with Gasteiger partial charge in [0.25, 0.3) is 0 Å². The Morgan fingerprint density at radius 1 is 1.53 bits per heavy atom. The van der Waals surface area contributed by atoms with Crippen LogP contribution in [0.15, 0.2) is 0 Å². The molecule has 1 aliphatic carbocycles. The molecule has 2 atom stereocenters. The molecule has 15 heavy (non-hydrogen) atoms. The van der Waals surface area contributed by atoms with E-state index in [0.717, 1.165) is 25.8 Å². The zero-order valence-corrected chi connectivity index (χ0v) is 9.52. The molecule has 4 nitrogen and oxygen atoms in total. The van der Waals surface area contributed by atoms with E-state index in [0.29, 0.717) is 12.5 Å². The van der Waals surface area contributed by atoms with E-state index in [-0.39, 0.29) is 18.1 Å². The number of likely N-dealkylation sites (tertiary alicyclic amines) is 1. The van der Waals surface area contributed by atoms with E-state index in [1.807, 2.05) is 19.0 Å². The van der Waals surface area contributed by atoms with E-state index >= 15 is 0 Å². The quantitative estimate of drug-likeness (QED) is 0.709. The fourth-order valence-electron chi connectivity index (χ4n) is 2.27. The predicted molar refractivity (Wildman–Crippen MR) is 57.4 cm³/mol. The van der Waals surface area contributed by atoms with E-state index in [9.17, 15) is 9.90 Å². The Kier molecular flexibility index (Phi) is 2.98. The van der Waals surface area contributed by atoms with Gasteiger partial charge in [-0.3, -0.25) is 9.69 Å². The summed E-state index contributed by atoms with van der Waals surface area (Å²) in [5, 5.41) is 9.81. The van der Waals surface area contributed by atoms with Crippen molar-refractivity contribution in [2.45, 2.75) is 31.4 Å². The van der Waals surface area contributed by atoms with Gasteiger partial charge >= 0.3 is 0 Å². The molecule has 2 rings (SSSR count). The second kappa shape index (κ2) is 4.10. The van der Waals surface area contributed by atoms with Gasteiger partial charge in [-0.25, -0.2) is 0 Å². The number of amides is 1. The Labute approximate surface area is 90.9 Å². The minimum absolute atomic E-state index is 0.0107. The number of rotatable bonds is 4. The Hall–Kier alpha value is -0.610. The molecule has 86 valence electrons. The Balaban J connectivity index is 1.84. The molecule has 2 aliphatic rings. The summed E-state index contributed by atoms with van der Waals surface area (Å²) in [4.78, 5) is 15.5. The molecule has 2 unspecified atom stereocenters. The molecule has 0 aromatic rings. The van der Waals surface area contributed by atoms with Crippen LogP contribution in [0.2, 0.25) is 0 Å². The highest BCUT2D eigenvalue weighted by Gasteiger charge is 2.36. The van der Waals surface area contributed by atoms with Crippen molar-refractivity contribution in [2.24, 2.45) is 5.92 Å². The van der Waals surface area contributed by atoms with Crippen LogP contribution in [-0.2, 0) is 4.79 Å². The van der Waals surface area contributed by atoms with Crippen molar-refractivity contribution in [1.29, 1.82) is 0 Å². The summed E-state index contributed by atoms with van der Waals surface area (Å²) in [5.41, 5.74) is 0. The van der Waals surface area contributed by atoms with E-state index in [1.54, 1.807) is 4.90 Å². The van der Waals surface area contributed by atoms with Crippen LogP contribution >= 0.6 is 0 Å². The van der Waals surface area contributed by atoms with Crippen LogP contribution in [0, 0.1) is 5.92 Å². The first-order chi connectivity index (χ1) is 7.09. The average Bonchev–Trinajstić information content (AvgIpc) is 2.96. The molecule has 1 amide bonds. The zero-order valence-electron chi connectivity index (χ0n) is 9.52. The molecule has 0 spiro atoms. The molecule has 1 saturated heterocycles. The van der Waals surface area contributed by atoms with Gasteiger partial charge in [-0.2, -0.15) is 0 Å². The largest absolute Gasteiger partial charge is 0.392 e. The normalized spacial score (nSPS) is 28.9. The lowest BCUT2D eigenvalue weighted by Gasteiger charge is -2.25. The molecule has 2 fully saturated rings. The molecule has 0 bridgehead atoms. The van der Waals surface area contributed by atoms with Gasteiger partial charge in [0, 0.05) is 20.1 Å². The van der Waals surface area contributed by atoms with Crippen molar-refractivity contribution in [3.63, 3.8) is 0 Å². The van der Waals surface area contributed by atoms with Crippen LogP contribution in [0.5, 0.6) is 0 Å². The van der Waals surface area contributed by atoms with Crippen LogP contribution < -0.4 is 0 Å². The third kappa shape index (κ3) is 2.32. The number of likely N-dealkylation sites (N-methyl/N-ethyl adjacent to an activating group) is 2. The van der Waals surface area contributed by atoms with Gasteiger partial charge in [0.15, 0.2) is 0 Å². The third-order valence-electron chi connectivity index (χ3n) is 3.57. The van der Waals surface area contributed by atoms with E-state index < -0.39 is 0 Å². The maximum Gasteiger partial charge on any atom is 0.239 e. The van der Waals surface area contributed by atoms with Gasteiger partial charge in [0.1, 0.15) is 0 Å². The second-order valence-corrected chi connectivity index (χ2v) is 4.91. The molecular formula is C11H20N2O2. The molecule has 1 N–H and O–H groups in total. The smallest absolute Gasteiger partial charge is 0.239 e. The minimum Gasteiger partial charge on any atom is -0.392 e. The van der Waals surface area contributed by atoms with Gasteiger partial charge in [0.05, 0.1) is 12.1 Å². The van der Waals surface area contributed by atoms with Gasteiger partial charge in [0.2, 0.25) is 5.91 Å². The molecule has 0 aromatic heterocycles. The van der Waals surface area contributed by atoms with Gasteiger partial charge in [-0.1, -0.05) is 0 Å². The number of nitrogens with zero attached hydrogens (tertiary/aromatic N) is 2. The Morgan fingerprint density at radius 2 is 2.20 bits per heavy atom. The highest BCUT2D eigenvalue weighted by Crippen LogP contribution is 2.33. The van der Waals surface area contributed by atoms with Crippen LogP contribution in [0.25, 0.3) is 0 Å². The van der Waals surface area contributed by atoms with Crippen molar-refractivity contribution >= 4 is 5.91 Å². The first kappa shape index (κ1) is 10.9. The predicted octanol–water partition coefficient (Wildman–Crippen LogP) is -0.0802. The molecule has 0 radical (unpaired) electrons. The maximum absolute atomic E-state index is 11.7. The molecule has 1 heterocycles. The van der Waals surface area contributed by atoms with E-state index in [1.165, 1.54) is 0 Å². The van der Waals surface area contributed by atoms with Crippen LogP contribution in [0.4, 0.5) is 0 Å². The van der Waals surface area contributed by atoms with Crippen molar-refractivity contribution in [3.8, 4) is 0 Å². The highest BCUT2D eigenvalue weighted by molar-refractivity contribution is 5.83. The summed E-state index contributed by atoms with van der Waals surface area (Å²) in [6.45, 7) is 1.47. The summed E-state index contributed by atoms with van der Waals surface area (Å²) < 4.78 is 0. The molecular weight excluding hydrogens is 192 g/mol. The number of carbonyl (C=O) groups excluding carboxylic acids is 1. The standard InChI is InChI=1S/C11H20N2O2/c1-12-6-5-9(11(12)15)13(2)7-10(14)8-3-4-8/h8-10,14H,3-7H2,1-2H3. The molecule has 4 heteroatoms. The molecule has 1 aliphatic heterocycles. The van der Waals surface area contributed by atoms with Gasteiger partial charge in [-0.05, 0) is 32.2 Å². The number of aliphatic hydroxyl groups excluding tert-OH is 1. The summed E-state index contributed by atoms with van der Waals surface area (Å²) in [5.74, 6) is 0.683. The van der Waals surface area contributed by atoms with Crippen LogP contribution in [-0.4, -0.2) is 60.1 Å². The van der Waals surface area contributed by atoms with Crippen molar-refractivity contribution in [2.75, 3.05) is 27.2 Å². The molecule has 0 aromatic carbocycles. The monoisotopic (exact) mass is 212 g/mol. The summed E-state index contributed by atoms with van der Waals surface area (Å²) in [7, 11) is 3.78. The van der Waals surface area contributed by atoms with Crippen molar-refractivity contribution < 1.29 is 9.90 Å². The fraction of sp³-hybridized carbons (Fsp3) is 0.909. The van der Waals surface area contributed by atoms with E-state index in [4.69, 9.17) is 0 Å². The van der Waals surface area contributed by atoms with Crippen LogP contribution in [0.1, 0.15) is 19.3 Å². The Morgan fingerprint density at radius 3 is 2.67 bits per heavy atom. The third-order valence-corrected chi connectivity index (χ3v) is 3.57. The number of hydrogen-bond acceptors (Lipinski definition) is 3. The zero-order chi connectivity index (χ0) is 11.0. The molecule has 1 saturated carbocycles. The first-order valence-electron chi connectivity index (χ1n) is 5.73. The average molecular weight is 212 g/mol. The first-order valence-corrected chi connectivity index (χ1v) is 5.73.